The summed E-state index contributed by atoms with van der Waals surface area (Å²) in [6.45, 7) is 19.9. The molecule has 3 aromatic rings. The van der Waals surface area contributed by atoms with Crippen molar-refractivity contribution in [3.05, 3.63) is 106 Å². The maximum Gasteiger partial charge on any atom is 0.327 e. The number of fused-ring (bicyclic) bond motifs is 13. The number of Topliss-reactive ketones (excluding diaryl/α,β-unsaturated/α-hetero) is 1. The van der Waals surface area contributed by atoms with Crippen molar-refractivity contribution in [2.75, 3.05) is 52.2 Å². The molecule has 0 aliphatic carbocycles. The zero-order chi connectivity index (χ0) is 55.1. The van der Waals surface area contributed by atoms with Gasteiger partial charge in [0.05, 0.1) is 28.7 Å². The molecule has 5 aliphatic heterocycles. The highest BCUT2D eigenvalue weighted by Gasteiger charge is 2.50. The summed E-state index contributed by atoms with van der Waals surface area (Å²) in [6.07, 6.45) is 10.3. The molecule has 7 atom stereocenters. The number of rotatable bonds is 10. The van der Waals surface area contributed by atoms with Gasteiger partial charge in [0.25, 0.3) is 11.7 Å². The minimum absolute atomic E-state index is 0.0182. The molecule has 1 fully saturated rings. The van der Waals surface area contributed by atoms with Crippen LogP contribution in [0.25, 0.3) is 10.8 Å². The van der Waals surface area contributed by atoms with Gasteiger partial charge in [-0.2, -0.15) is 0 Å². The Kier molecular flexibility index (Phi) is 19.0. The number of nitrogens with zero attached hydrogens (tertiary/aromatic N) is 5. The van der Waals surface area contributed by atoms with Gasteiger partial charge < -0.3 is 55.6 Å². The lowest BCUT2D eigenvalue weighted by molar-refractivity contribution is -0.159. The number of phenols is 2. The molecule has 1 spiro atoms. The lowest BCUT2D eigenvalue weighted by Crippen LogP contribution is -2.43. The van der Waals surface area contributed by atoms with Gasteiger partial charge in [0.2, 0.25) is 0 Å². The number of piperidine rings is 1. The monoisotopic (exact) mass is 1040 g/mol. The molecule has 408 valence electrons. The van der Waals surface area contributed by atoms with Crippen molar-refractivity contribution in [2.45, 2.75) is 118 Å². The number of carbonyl (C=O) groups is 3. The average Bonchev–Trinajstić information content (AvgIpc) is 3.86. The van der Waals surface area contributed by atoms with E-state index in [2.05, 4.69) is 24.1 Å². The number of nitrogens with one attached hydrogen (secondary N) is 1. The number of esters is 1. The Hall–Kier alpha value is -6.31. The minimum Gasteiger partial charge on any atom is -0.507 e. The van der Waals surface area contributed by atoms with Crippen molar-refractivity contribution >= 4 is 34.1 Å². The number of allylic oxidation sites excluding steroid dienone is 4. The third-order valence-electron chi connectivity index (χ3n) is 14.6. The second-order valence-electron chi connectivity index (χ2n) is 21.5. The van der Waals surface area contributed by atoms with Crippen LogP contribution in [0.2, 0.25) is 0 Å². The van der Waals surface area contributed by atoms with Gasteiger partial charge in [0.15, 0.2) is 11.4 Å². The number of hydrazine groups is 1. The number of hydrogen-bond donors (Lipinski definition) is 7. The van der Waals surface area contributed by atoms with E-state index in [4.69, 9.17) is 40.9 Å². The van der Waals surface area contributed by atoms with Crippen LogP contribution < -0.4 is 32.3 Å². The molecule has 9 N–H and O–H groups in total. The summed E-state index contributed by atoms with van der Waals surface area (Å²) in [6, 6.07) is 9.98. The highest BCUT2D eigenvalue weighted by Crippen LogP contribution is 2.50. The van der Waals surface area contributed by atoms with Crippen LogP contribution in [0, 0.1) is 36.5 Å². The highest BCUT2D eigenvalue weighted by molar-refractivity contribution is 6.19. The van der Waals surface area contributed by atoms with Gasteiger partial charge in [-0.1, -0.05) is 90.1 Å². The molecule has 3 unspecified atom stereocenters. The molecule has 0 saturated carbocycles. The number of aromatic hydroxyl groups is 2. The first-order valence-corrected chi connectivity index (χ1v) is 26.0. The van der Waals surface area contributed by atoms with Crippen LogP contribution in [0.1, 0.15) is 103 Å². The molecule has 1 amide bonds. The van der Waals surface area contributed by atoms with Crippen molar-refractivity contribution in [3.8, 4) is 17.2 Å². The Morgan fingerprint density at radius 3 is 2.33 bits per heavy atom. The zero-order valence-electron chi connectivity index (χ0n) is 45.6. The lowest BCUT2D eigenvalue weighted by atomic mass is 9.80. The van der Waals surface area contributed by atoms with Crippen molar-refractivity contribution in [3.63, 3.8) is 0 Å². The maximum atomic E-state index is 14.8. The van der Waals surface area contributed by atoms with Crippen LogP contribution in [-0.2, 0) is 25.6 Å². The van der Waals surface area contributed by atoms with Gasteiger partial charge in [-0.3, -0.25) is 29.3 Å². The number of hydrogen-bond acceptors (Lipinski definition) is 17. The fourth-order valence-electron chi connectivity index (χ4n) is 10.7. The normalized spacial score (nSPS) is 26.8. The van der Waals surface area contributed by atoms with Crippen molar-refractivity contribution < 1.29 is 49.0 Å². The molecule has 5 aliphatic rings. The third-order valence-corrected chi connectivity index (χ3v) is 14.6. The van der Waals surface area contributed by atoms with Gasteiger partial charge in [-0.15, -0.1) is 0 Å². The zero-order valence-corrected chi connectivity index (χ0v) is 45.6. The molecule has 5 heterocycles. The fraction of sp³-hybridized carbons (Fsp3) is 0.526. The molecular formula is C57H80N8O10. The smallest absolute Gasteiger partial charge is 0.327 e. The molecule has 18 heteroatoms. The van der Waals surface area contributed by atoms with E-state index < -0.39 is 53.0 Å². The number of likely N-dealkylation sites (N-methyl/N-ethyl adjacent to an activating group) is 1. The molecular weight excluding hydrogens is 957 g/mol. The van der Waals surface area contributed by atoms with E-state index in [1.165, 1.54) is 24.4 Å². The lowest BCUT2D eigenvalue weighted by Gasteiger charge is -2.36. The summed E-state index contributed by atoms with van der Waals surface area (Å²) in [5.74, 6) is 1.21. The number of benzene rings is 3. The molecule has 1 saturated heterocycles. The van der Waals surface area contributed by atoms with Gasteiger partial charge >= 0.3 is 11.8 Å². The van der Waals surface area contributed by atoms with E-state index in [1.807, 2.05) is 76.1 Å². The summed E-state index contributed by atoms with van der Waals surface area (Å²) in [5, 5.41) is 47.6. The predicted molar refractivity (Wildman–Crippen MR) is 289 cm³/mol. The molecule has 5 bridgehead atoms. The standard InChI is InChI=1S/C56H76N8O9.CH4O/c1-32(2)27-63-23-21-56(22-24-63)60-45-42-43-49(67)38(8)52-44(42)53(69)55(9,73-52)71-25-15-18-34(4)51(72-41(65)31-64(58)30-40(57)29-62(10)28-39-19-12-11-13-20-39)37(7)48(66)36(6)26-33(3)16-14-17-35(5)54(70)59-47(50(43)68)46(45)61-56;1-2/h11-17,19-20,25,30,32-34,36-37,48,51,66-68H,18,21-24,26-29,31,57-58H2,1-10H3,(H,59,70);2H,1H3/b16-14+,25-15+,35-17-,40-30-;/t33?,34-,36-,37-,48?,51-,55?;/m1./s1. The molecule has 0 aromatic heterocycles. The fourth-order valence-corrected chi connectivity index (χ4v) is 10.7. The molecule has 0 radical (unpaired) electrons. The Balaban J connectivity index is 0.00000452. The summed E-state index contributed by atoms with van der Waals surface area (Å²) in [5.41, 5.74) is 7.53. The van der Waals surface area contributed by atoms with Gasteiger partial charge in [0, 0.05) is 93.9 Å². The van der Waals surface area contributed by atoms with Crippen LogP contribution in [0.15, 0.2) is 88.4 Å². The maximum absolute atomic E-state index is 14.8. The van der Waals surface area contributed by atoms with Crippen LogP contribution in [-0.4, -0.2) is 123 Å². The number of phenolic OH excluding ortho intramolecular Hbond substituents is 2. The summed E-state index contributed by atoms with van der Waals surface area (Å²) < 4.78 is 18.7. The number of aliphatic hydroxyl groups is 2. The van der Waals surface area contributed by atoms with E-state index in [0.717, 1.165) is 19.2 Å². The Morgan fingerprint density at radius 2 is 1.67 bits per heavy atom. The number of ketones is 1. The highest BCUT2D eigenvalue weighted by atomic mass is 16.7. The SMILES string of the molecule is C/C1=C/C=C/C(C)C[C@@H](C)C(O)[C@@H](C)[C@H](OC(=O)CN(N)/C=C(\N)CN(C)Cc2ccccc2)[C@H](C)C/C=C/OC2(C)Oc3c(C)c(O)c4c(O)c(c5c(c4c3C2=O)=NC2(CCN(CC(C)C)CC2)N=5)NC1=O.CO. The molecule has 18 nitrogen and oxygen atoms in total. The average molecular weight is 1040 g/mol. The first-order chi connectivity index (χ1) is 35.5. The predicted octanol–water partition coefficient (Wildman–Crippen LogP) is 5.85. The number of ether oxygens (including phenoxy) is 3. The van der Waals surface area contributed by atoms with Gasteiger partial charge in [-0.05, 0) is 69.0 Å². The number of anilines is 1. The number of aliphatic hydroxyl groups excluding tert-OH is 2. The van der Waals surface area contributed by atoms with Crippen LogP contribution in [0.5, 0.6) is 17.2 Å². The van der Waals surface area contributed by atoms with E-state index in [0.29, 0.717) is 69.1 Å². The Labute approximate surface area is 441 Å². The number of likely N-dealkylation sites (tertiary alicyclic amines) is 1. The van der Waals surface area contributed by atoms with E-state index >= 15 is 0 Å². The molecule has 8 rings (SSSR count). The topological polar surface area (TPSA) is 258 Å². The van der Waals surface area contributed by atoms with Crippen molar-refractivity contribution in [1.29, 1.82) is 0 Å². The first kappa shape index (κ1) is 58.0. The second kappa shape index (κ2) is 24.6. The Morgan fingerprint density at radius 1 is 1.00 bits per heavy atom. The largest absolute Gasteiger partial charge is 0.507 e. The summed E-state index contributed by atoms with van der Waals surface area (Å²) in [4.78, 5) is 57.3. The van der Waals surface area contributed by atoms with Crippen LogP contribution in [0.4, 0.5) is 5.69 Å². The van der Waals surface area contributed by atoms with Crippen molar-refractivity contribution in [2.24, 2.45) is 51.2 Å². The van der Waals surface area contributed by atoms with E-state index in [9.17, 15) is 29.7 Å². The summed E-state index contributed by atoms with van der Waals surface area (Å²) in [7, 11) is 2.94. The van der Waals surface area contributed by atoms with E-state index in [-0.39, 0.29) is 74.1 Å². The van der Waals surface area contributed by atoms with Gasteiger partial charge in [0.1, 0.15) is 35.2 Å². The van der Waals surface area contributed by atoms with Crippen LogP contribution >= 0.6 is 0 Å². The third kappa shape index (κ3) is 13.2. The first-order valence-electron chi connectivity index (χ1n) is 26.0. The second-order valence-corrected chi connectivity index (χ2v) is 21.5. The summed E-state index contributed by atoms with van der Waals surface area (Å²) >= 11 is 0. The number of nitrogens with two attached hydrogens (primary N) is 2. The quantitative estimate of drug-likeness (QED) is 0.0544. The van der Waals surface area contributed by atoms with Crippen molar-refractivity contribution in [1.82, 2.24) is 14.8 Å². The molecule has 3 aromatic carbocycles. The Bertz CT molecular complexity index is 2820. The number of carbonyl (C=O) groups excluding carboxylic acids is 3. The van der Waals surface area contributed by atoms with E-state index in [1.54, 1.807) is 32.1 Å². The molecule has 75 heavy (non-hydrogen) atoms. The minimum atomic E-state index is -1.92. The number of amides is 1. The van der Waals surface area contributed by atoms with Gasteiger partial charge in [-0.25, -0.2) is 5.84 Å². The van der Waals surface area contributed by atoms with Crippen LogP contribution in [0.3, 0.4) is 0 Å².